The normalized spacial score (nSPS) is 11.6. The van der Waals surface area contributed by atoms with Crippen LogP contribution in [0, 0.1) is 0 Å². The average Bonchev–Trinajstić information content (AvgIpc) is 3.20. The maximum atomic E-state index is 4.64. The van der Waals surface area contributed by atoms with Crippen LogP contribution in [0.1, 0.15) is 0 Å². The fraction of sp³-hybridized carbons (Fsp3) is 0. The molecule has 0 radical (unpaired) electrons. The molecule has 5 rings (SSSR count). The minimum atomic E-state index is 0.892. The number of rotatable bonds is 1. The SMILES string of the molecule is c1ccc2c(c1)ncc1nn(-c3ccc4cn[nH]c4c3)cc12. The van der Waals surface area contributed by atoms with Crippen molar-refractivity contribution in [2.45, 2.75) is 0 Å². The number of aromatic nitrogens is 5. The van der Waals surface area contributed by atoms with Gasteiger partial charge in [0, 0.05) is 22.4 Å². The molecule has 1 N–H and O–H groups in total. The van der Waals surface area contributed by atoms with Crippen LogP contribution in [-0.4, -0.2) is 25.0 Å². The molecule has 0 amide bonds. The Kier molecular flexibility index (Phi) is 2.16. The highest BCUT2D eigenvalue weighted by Crippen LogP contribution is 2.24. The molecular formula is C17H11N5. The molecule has 104 valence electrons. The third kappa shape index (κ3) is 1.56. The molecule has 3 heterocycles. The van der Waals surface area contributed by atoms with E-state index in [0.29, 0.717) is 0 Å². The van der Waals surface area contributed by atoms with Crippen molar-refractivity contribution in [2.24, 2.45) is 0 Å². The Morgan fingerprint density at radius 1 is 0.909 bits per heavy atom. The average molecular weight is 285 g/mol. The van der Waals surface area contributed by atoms with Crippen LogP contribution in [0.4, 0.5) is 0 Å². The summed E-state index contributed by atoms with van der Waals surface area (Å²) < 4.78 is 1.89. The molecule has 0 aliphatic carbocycles. The van der Waals surface area contributed by atoms with E-state index < -0.39 is 0 Å². The van der Waals surface area contributed by atoms with Gasteiger partial charge in [0.15, 0.2) is 0 Å². The molecule has 0 saturated carbocycles. The predicted molar refractivity (Wildman–Crippen MR) is 86.0 cm³/mol. The molecule has 5 heteroatoms. The minimum absolute atomic E-state index is 0.892. The Balaban J connectivity index is 1.78. The number of fused-ring (bicyclic) bond motifs is 4. The Hall–Kier alpha value is -3.21. The highest BCUT2D eigenvalue weighted by molar-refractivity contribution is 6.03. The zero-order chi connectivity index (χ0) is 14.5. The Morgan fingerprint density at radius 3 is 2.86 bits per heavy atom. The fourth-order valence-electron chi connectivity index (χ4n) is 2.83. The number of H-pyrrole nitrogens is 1. The second-order valence-electron chi connectivity index (χ2n) is 5.29. The van der Waals surface area contributed by atoms with Crippen molar-refractivity contribution in [3.05, 3.63) is 61.1 Å². The number of nitrogens with zero attached hydrogens (tertiary/aromatic N) is 4. The van der Waals surface area contributed by atoms with Crippen molar-refractivity contribution in [3.63, 3.8) is 0 Å². The lowest BCUT2D eigenvalue weighted by Gasteiger charge is -2.00. The number of hydrogen-bond acceptors (Lipinski definition) is 3. The fourth-order valence-corrected chi connectivity index (χ4v) is 2.83. The van der Waals surface area contributed by atoms with Crippen molar-refractivity contribution in [2.75, 3.05) is 0 Å². The topological polar surface area (TPSA) is 59.4 Å². The van der Waals surface area contributed by atoms with Crippen LogP contribution in [0.15, 0.2) is 61.1 Å². The number of benzene rings is 2. The smallest absolute Gasteiger partial charge is 0.112 e. The van der Waals surface area contributed by atoms with Crippen LogP contribution in [0.2, 0.25) is 0 Å². The van der Waals surface area contributed by atoms with Crippen LogP contribution in [0.5, 0.6) is 0 Å². The van der Waals surface area contributed by atoms with E-state index in [9.17, 15) is 0 Å². The lowest BCUT2D eigenvalue weighted by atomic mass is 10.1. The molecule has 0 atom stereocenters. The van der Waals surface area contributed by atoms with Gasteiger partial charge in [-0.15, -0.1) is 0 Å². The largest absolute Gasteiger partial charge is 0.278 e. The van der Waals surface area contributed by atoms with Gasteiger partial charge in [-0.25, -0.2) is 4.68 Å². The van der Waals surface area contributed by atoms with Gasteiger partial charge in [0.2, 0.25) is 0 Å². The van der Waals surface area contributed by atoms with Gasteiger partial charge in [-0.05, 0) is 24.3 Å². The zero-order valence-corrected chi connectivity index (χ0v) is 11.6. The second kappa shape index (κ2) is 4.14. The van der Waals surface area contributed by atoms with E-state index in [1.807, 2.05) is 53.5 Å². The highest BCUT2D eigenvalue weighted by atomic mass is 15.3. The summed E-state index contributed by atoms with van der Waals surface area (Å²) in [4.78, 5) is 4.47. The number of pyridine rings is 1. The Labute approximate surface area is 125 Å². The second-order valence-corrected chi connectivity index (χ2v) is 5.29. The van der Waals surface area contributed by atoms with Crippen LogP contribution in [0.25, 0.3) is 38.4 Å². The summed E-state index contributed by atoms with van der Waals surface area (Å²) in [5, 5.41) is 15.0. The van der Waals surface area contributed by atoms with E-state index in [-0.39, 0.29) is 0 Å². The lowest BCUT2D eigenvalue weighted by Crippen LogP contribution is -1.93. The maximum absolute atomic E-state index is 4.64. The summed E-state index contributed by atoms with van der Waals surface area (Å²) in [6.07, 6.45) is 5.69. The number of aromatic amines is 1. The van der Waals surface area contributed by atoms with E-state index in [2.05, 4.69) is 32.5 Å². The monoisotopic (exact) mass is 285 g/mol. The van der Waals surface area contributed by atoms with Crippen LogP contribution in [0.3, 0.4) is 0 Å². The molecule has 0 unspecified atom stereocenters. The molecule has 5 aromatic rings. The Bertz CT molecular complexity index is 1140. The standard InChI is InChI=1S/C17H11N5/c1-2-4-15-13(3-1)14-10-22(21-17(14)9-18-15)12-6-5-11-8-19-20-16(11)7-12/h1-10H,(H,19,20). The number of nitrogens with one attached hydrogen (secondary N) is 1. The Morgan fingerprint density at radius 2 is 1.86 bits per heavy atom. The van der Waals surface area contributed by atoms with E-state index in [1.165, 1.54) is 0 Å². The van der Waals surface area contributed by atoms with Crippen LogP contribution >= 0.6 is 0 Å². The van der Waals surface area contributed by atoms with Gasteiger partial charge < -0.3 is 0 Å². The molecule has 0 saturated heterocycles. The van der Waals surface area contributed by atoms with Crippen LogP contribution < -0.4 is 0 Å². The summed E-state index contributed by atoms with van der Waals surface area (Å²) in [5.74, 6) is 0. The van der Waals surface area contributed by atoms with Crippen molar-refractivity contribution >= 4 is 32.7 Å². The van der Waals surface area contributed by atoms with Gasteiger partial charge in [-0.3, -0.25) is 10.1 Å². The first-order valence-electron chi connectivity index (χ1n) is 7.05. The third-order valence-electron chi connectivity index (χ3n) is 3.95. The van der Waals surface area contributed by atoms with Gasteiger partial charge in [0.05, 0.1) is 29.1 Å². The number of para-hydroxylation sites is 1. The van der Waals surface area contributed by atoms with Gasteiger partial charge in [-0.2, -0.15) is 10.2 Å². The van der Waals surface area contributed by atoms with Crippen molar-refractivity contribution in [1.29, 1.82) is 0 Å². The summed E-state index contributed by atoms with van der Waals surface area (Å²) in [6, 6.07) is 14.2. The van der Waals surface area contributed by atoms with Crippen LogP contribution in [-0.2, 0) is 0 Å². The van der Waals surface area contributed by atoms with Gasteiger partial charge in [-0.1, -0.05) is 18.2 Å². The van der Waals surface area contributed by atoms with E-state index in [1.54, 1.807) is 0 Å². The quantitative estimate of drug-likeness (QED) is 0.513. The molecule has 3 aromatic heterocycles. The summed E-state index contributed by atoms with van der Waals surface area (Å²) in [5.41, 5.74) is 3.87. The summed E-state index contributed by atoms with van der Waals surface area (Å²) in [6.45, 7) is 0. The summed E-state index contributed by atoms with van der Waals surface area (Å²) in [7, 11) is 0. The van der Waals surface area contributed by atoms with Gasteiger partial charge in [0.25, 0.3) is 0 Å². The molecule has 0 aliphatic rings. The van der Waals surface area contributed by atoms with E-state index >= 15 is 0 Å². The van der Waals surface area contributed by atoms with E-state index in [0.717, 1.165) is 38.4 Å². The molecular weight excluding hydrogens is 274 g/mol. The molecule has 0 bridgehead atoms. The highest BCUT2D eigenvalue weighted by Gasteiger charge is 2.08. The maximum Gasteiger partial charge on any atom is 0.112 e. The van der Waals surface area contributed by atoms with Crippen molar-refractivity contribution in [3.8, 4) is 5.69 Å². The molecule has 22 heavy (non-hydrogen) atoms. The first-order chi connectivity index (χ1) is 10.9. The van der Waals surface area contributed by atoms with Gasteiger partial charge >= 0.3 is 0 Å². The zero-order valence-electron chi connectivity index (χ0n) is 11.6. The predicted octanol–water partition coefficient (Wildman–Crippen LogP) is 3.45. The van der Waals surface area contributed by atoms with E-state index in [4.69, 9.17) is 0 Å². The first-order valence-corrected chi connectivity index (χ1v) is 7.05. The molecule has 0 spiro atoms. The first kappa shape index (κ1) is 11.4. The van der Waals surface area contributed by atoms with Crippen molar-refractivity contribution < 1.29 is 0 Å². The minimum Gasteiger partial charge on any atom is -0.278 e. The molecule has 2 aromatic carbocycles. The number of hydrogen-bond donors (Lipinski definition) is 1. The molecule has 0 aliphatic heterocycles. The van der Waals surface area contributed by atoms with Crippen molar-refractivity contribution in [1.82, 2.24) is 25.0 Å². The summed E-state index contributed by atoms with van der Waals surface area (Å²) >= 11 is 0. The van der Waals surface area contributed by atoms with Gasteiger partial charge in [0.1, 0.15) is 5.52 Å². The molecule has 5 nitrogen and oxygen atoms in total. The lowest BCUT2D eigenvalue weighted by molar-refractivity contribution is 0.897. The molecule has 0 fully saturated rings. The third-order valence-corrected chi connectivity index (χ3v) is 3.95.